The van der Waals surface area contributed by atoms with Crippen molar-refractivity contribution in [2.75, 3.05) is 66.8 Å². The highest BCUT2D eigenvalue weighted by Gasteiger charge is 2.57. The van der Waals surface area contributed by atoms with Crippen LogP contribution in [0.4, 0.5) is 4.79 Å². The van der Waals surface area contributed by atoms with Gasteiger partial charge in [-0.2, -0.15) is 0 Å². The quantitative estimate of drug-likeness (QED) is 0.197. The molecule has 2 amide bonds. The van der Waals surface area contributed by atoms with E-state index in [2.05, 4.69) is 29.2 Å². The molecule has 3 N–H and O–H groups in total. The highest BCUT2D eigenvalue weighted by Crippen LogP contribution is 2.54. The third-order valence-corrected chi connectivity index (χ3v) is 15.7. The lowest BCUT2D eigenvalue weighted by Gasteiger charge is -2.54. The zero-order valence-corrected chi connectivity index (χ0v) is 38.8. The fourth-order valence-electron chi connectivity index (χ4n) is 12.5. The summed E-state index contributed by atoms with van der Waals surface area (Å²) >= 11 is 0. The van der Waals surface area contributed by atoms with E-state index in [9.17, 15) is 34.5 Å². The predicted molar refractivity (Wildman–Crippen MR) is 243 cm³/mol. The largest absolute Gasteiger partial charge is 0.507 e. The first-order valence-electron chi connectivity index (χ1n) is 23.8. The van der Waals surface area contributed by atoms with Gasteiger partial charge < -0.3 is 63.0 Å². The Bertz CT molecular complexity index is 2800. The molecular weight excluding hydrogens is 907 g/mol. The Hall–Kier alpha value is -5.96. The van der Waals surface area contributed by atoms with Gasteiger partial charge in [-0.1, -0.05) is 60.7 Å². The molecule has 5 saturated heterocycles. The summed E-state index contributed by atoms with van der Waals surface area (Å²) in [6.45, 7) is 3.48. The number of hydrogen-bond donors (Lipinski definition) is 3. The maximum Gasteiger partial charge on any atom is 0.409 e. The zero-order chi connectivity index (χ0) is 48.4. The van der Waals surface area contributed by atoms with E-state index in [4.69, 9.17) is 37.9 Å². The van der Waals surface area contributed by atoms with Crippen molar-refractivity contribution in [1.29, 1.82) is 0 Å². The van der Waals surface area contributed by atoms with Crippen LogP contribution in [0.2, 0.25) is 0 Å². The standard InChI is InChI=1S/C52H53N3O15/c1-26-46-34(55-16-17-65-48(64-3)47(55)70-46)19-37(68-26)69-36-21-52(62,20-32-39(36)45(59)41-40(43(32)57)42(56)31-13-8-14-35(63-2)38(31)44(41)58)49(60)53-15-18-67-51(23-53)24-54(25-51)50(61)66-22-33-29-11-6-4-9-27(29)28-10-5-7-12-30(28)33/h4-14,26,33-34,36-37,46-48,57,59,62H,15-25H2,1-3H3/t26-,34-,36-,37-,46+,47+,48-,52-/m0/s1. The van der Waals surface area contributed by atoms with Crippen molar-refractivity contribution < 1.29 is 72.4 Å². The first kappa shape index (κ1) is 45.2. The molecule has 3 aliphatic carbocycles. The molecule has 70 heavy (non-hydrogen) atoms. The monoisotopic (exact) mass is 959 g/mol. The van der Waals surface area contributed by atoms with Gasteiger partial charge in [-0.15, -0.1) is 0 Å². The third-order valence-electron chi connectivity index (χ3n) is 15.7. The normalized spacial score (nSPS) is 29.5. The van der Waals surface area contributed by atoms with Crippen molar-refractivity contribution >= 4 is 23.6 Å². The van der Waals surface area contributed by atoms with Gasteiger partial charge in [-0.05, 0) is 35.2 Å². The molecule has 5 heterocycles. The maximum atomic E-state index is 15.0. The number of methoxy groups -OCH3 is 2. The number of aliphatic hydroxyl groups is 1. The molecule has 18 nitrogen and oxygen atoms in total. The second-order valence-electron chi connectivity index (χ2n) is 19.6. The minimum Gasteiger partial charge on any atom is -0.507 e. The van der Waals surface area contributed by atoms with Crippen LogP contribution < -0.4 is 4.74 Å². The van der Waals surface area contributed by atoms with Crippen LogP contribution >= 0.6 is 0 Å². The Morgan fingerprint density at radius 2 is 1.51 bits per heavy atom. The maximum absolute atomic E-state index is 15.0. The number of ether oxygens (including phenoxy) is 8. The van der Waals surface area contributed by atoms with Crippen molar-refractivity contribution in [3.63, 3.8) is 0 Å². The first-order valence-corrected chi connectivity index (χ1v) is 23.8. The van der Waals surface area contributed by atoms with Crippen LogP contribution in [0.1, 0.15) is 85.9 Å². The molecule has 8 aliphatic rings. The number of carbonyl (C=O) groups excluding carboxylic acids is 4. The summed E-state index contributed by atoms with van der Waals surface area (Å²) in [7, 11) is 2.91. The van der Waals surface area contributed by atoms with E-state index in [0.29, 0.717) is 13.2 Å². The van der Waals surface area contributed by atoms with Crippen LogP contribution in [-0.4, -0.2) is 169 Å². The van der Waals surface area contributed by atoms with Crippen molar-refractivity contribution in [2.45, 2.75) is 86.5 Å². The molecular formula is C52H53N3O15. The van der Waals surface area contributed by atoms with Crippen molar-refractivity contribution in [2.24, 2.45) is 0 Å². The number of phenols is 2. The lowest BCUT2D eigenvalue weighted by molar-refractivity contribution is -0.256. The fraction of sp³-hybridized carbons (Fsp3) is 0.462. The average molecular weight is 960 g/mol. The number of fused-ring (bicyclic) bond motifs is 9. The van der Waals surface area contributed by atoms with Crippen LogP contribution in [0, 0.1) is 0 Å². The van der Waals surface area contributed by atoms with Gasteiger partial charge in [0.2, 0.25) is 5.78 Å². The van der Waals surface area contributed by atoms with Gasteiger partial charge in [0.15, 0.2) is 24.6 Å². The third kappa shape index (κ3) is 6.90. The number of rotatable bonds is 7. The van der Waals surface area contributed by atoms with Gasteiger partial charge in [0.1, 0.15) is 41.2 Å². The number of morpholine rings is 2. The van der Waals surface area contributed by atoms with Crippen LogP contribution in [0.15, 0.2) is 66.7 Å². The van der Waals surface area contributed by atoms with Crippen LogP contribution in [0.25, 0.3) is 11.1 Å². The highest BCUT2D eigenvalue weighted by atomic mass is 16.7. The Labute approximate surface area is 402 Å². The molecule has 0 aromatic heterocycles. The molecule has 0 bridgehead atoms. The molecule has 0 saturated carbocycles. The fourth-order valence-corrected chi connectivity index (χ4v) is 12.5. The molecule has 8 atom stereocenters. The molecule has 366 valence electrons. The molecule has 18 heteroatoms. The van der Waals surface area contributed by atoms with Crippen molar-refractivity contribution in [1.82, 2.24) is 14.7 Å². The minimum absolute atomic E-state index is 0.0300. The zero-order valence-electron chi connectivity index (χ0n) is 38.8. The lowest BCUT2D eigenvalue weighted by atomic mass is 9.72. The molecule has 5 aliphatic heterocycles. The lowest BCUT2D eigenvalue weighted by Crippen LogP contribution is -2.72. The molecule has 0 unspecified atom stereocenters. The summed E-state index contributed by atoms with van der Waals surface area (Å²) in [6.07, 6.45) is -5.53. The van der Waals surface area contributed by atoms with Gasteiger partial charge >= 0.3 is 6.09 Å². The molecule has 4 aromatic carbocycles. The second-order valence-corrected chi connectivity index (χ2v) is 19.6. The van der Waals surface area contributed by atoms with E-state index in [1.165, 1.54) is 29.0 Å². The van der Waals surface area contributed by atoms with E-state index in [1.54, 1.807) is 13.2 Å². The number of carbonyl (C=O) groups is 4. The predicted octanol–water partition coefficient (Wildman–Crippen LogP) is 4.01. The molecule has 12 rings (SSSR count). The Balaban J connectivity index is 0.813. The van der Waals surface area contributed by atoms with E-state index in [-0.39, 0.29) is 91.9 Å². The van der Waals surface area contributed by atoms with Gasteiger partial charge in [-0.25, -0.2) is 4.79 Å². The first-order chi connectivity index (χ1) is 33.8. The molecule has 0 radical (unpaired) electrons. The molecule has 1 spiro atoms. The topological polar surface area (TPSA) is 213 Å². The Morgan fingerprint density at radius 3 is 2.24 bits per heavy atom. The van der Waals surface area contributed by atoms with Gasteiger partial charge in [0, 0.05) is 68.1 Å². The van der Waals surface area contributed by atoms with Crippen LogP contribution in [0.5, 0.6) is 17.2 Å². The second kappa shape index (κ2) is 16.8. The summed E-state index contributed by atoms with van der Waals surface area (Å²) in [5.74, 6) is -3.48. The number of phenolic OH excluding ortho intramolecular Hbond substituents is 2. The van der Waals surface area contributed by atoms with E-state index in [0.717, 1.165) is 22.3 Å². The van der Waals surface area contributed by atoms with Crippen LogP contribution in [0.3, 0.4) is 0 Å². The van der Waals surface area contributed by atoms with Crippen molar-refractivity contribution in [3.05, 3.63) is 111 Å². The van der Waals surface area contributed by atoms with E-state index >= 15 is 0 Å². The highest BCUT2D eigenvalue weighted by molar-refractivity contribution is 6.31. The number of likely N-dealkylation sites (tertiary alicyclic amines) is 1. The SMILES string of the molecule is COc1cccc2c1C(=O)c1c(O)c3c(c(O)c1C2=O)C[C@@](O)(C(=O)N1CCOC2(CN(C(=O)OCC4c5ccccc5-c5ccccc54)C2)C1)C[C@@H]3O[C@H]1C[C@H]2[C@H](O[C@@H]3[C@@H](OC)OCCN32)[C@H](C)O1. The van der Waals surface area contributed by atoms with E-state index in [1.807, 2.05) is 31.2 Å². The number of hydrogen-bond acceptors (Lipinski definition) is 16. The average Bonchev–Trinajstić information content (AvgIpc) is 3.90. The van der Waals surface area contributed by atoms with Crippen molar-refractivity contribution in [3.8, 4) is 28.4 Å². The smallest absolute Gasteiger partial charge is 0.409 e. The summed E-state index contributed by atoms with van der Waals surface area (Å²) in [4.78, 5) is 62.3. The molecule has 4 aromatic rings. The van der Waals surface area contributed by atoms with Gasteiger partial charge in [0.05, 0.1) is 68.9 Å². The van der Waals surface area contributed by atoms with Crippen LogP contribution in [-0.2, 0) is 44.4 Å². The summed E-state index contributed by atoms with van der Waals surface area (Å²) < 4.78 is 48.6. The number of benzene rings is 4. The minimum atomic E-state index is -2.27. The molecule has 5 fully saturated rings. The van der Waals surface area contributed by atoms with E-state index < -0.39 is 101 Å². The van der Waals surface area contributed by atoms with Gasteiger partial charge in [-0.3, -0.25) is 19.3 Å². The Morgan fingerprint density at radius 1 is 0.814 bits per heavy atom. The number of aromatic hydroxyl groups is 2. The Kier molecular flexibility index (Phi) is 10.9. The number of ketones is 2. The number of nitrogens with zero attached hydrogens (tertiary/aromatic N) is 3. The summed E-state index contributed by atoms with van der Waals surface area (Å²) in [6, 6.07) is 20.5. The number of amides is 2. The summed E-state index contributed by atoms with van der Waals surface area (Å²) in [5.41, 5.74) is 0.0451. The summed E-state index contributed by atoms with van der Waals surface area (Å²) in [5, 5.41) is 37.3. The van der Waals surface area contributed by atoms with Gasteiger partial charge in [0.25, 0.3) is 5.91 Å².